The van der Waals surface area contributed by atoms with Gasteiger partial charge in [0.1, 0.15) is 11.3 Å². The summed E-state index contributed by atoms with van der Waals surface area (Å²) in [6, 6.07) is 10.9. The molecule has 1 aromatic carbocycles. The van der Waals surface area contributed by atoms with Gasteiger partial charge in [0.05, 0.1) is 26.1 Å². The average molecular weight is 434 g/mol. The van der Waals surface area contributed by atoms with Gasteiger partial charge in [-0.1, -0.05) is 18.2 Å². The van der Waals surface area contributed by atoms with E-state index in [1.807, 2.05) is 24.3 Å². The molecule has 1 aliphatic rings. The van der Waals surface area contributed by atoms with Crippen LogP contribution in [0, 0.1) is 16.7 Å². The minimum Gasteiger partial charge on any atom is -0.490 e. The van der Waals surface area contributed by atoms with Gasteiger partial charge in [-0.05, 0) is 49.5 Å². The highest BCUT2D eigenvalue weighted by atomic mass is 16.5. The summed E-state index contributed by atoms with van der Waals surface area (Å²) < 4.78 is 12.2. The fraction of sp³-hybridized carbons (Fsp3) is 0.348. The van der Waals surface area contributed by atoms with E-state index in [9.17, 15) is 0 Å². The molecule has 2 aromatic heterocycles. The van der Waals surface area contributed by atoms with Crippen molar-refractivity contribution in [3.05, 3.63) is 59.8 Å². The molecule has 3 heterocycles. The van der Waals surface area contributed by atoms with Crippen LogP contribution >= 0.6 is 0 Å². The van der Waals surface area contributed by atoms with Crippen LogP contribution in [0.5, 0.6) is 11.6 Å². The second-order valence-electron chi connectivity index (χ2n) is 7.74. The number of aromatic nitrogens is 4. The van der Waals surface area contributed by atoms with Crippen LogP contribution in [-0.2, 0) is 6.42 Å². The van der Waals surface area contributed by atoms with Crippen molar-refractivity contribution >= 4 is 5.84 Å². The van der Waals surface area contributed by atoms with Crippen LogP contribution in [0.15, 0.2) is 48.8 Å². The van der Waals surface area contributed by atoms with E-state index < -0.39 is 0 Å². The molecule has 4 rings (SSSR count). The summed E-state index contributed by atoms with van der Waals surface area (Å²) in [7, 11) is 1.51. The van der Waals surface area contributed by atoms with Gasteiger partial charge in [-0.25, -0.2) is 9.97 Å². The van der Waals surface area contributed by atoms with Crippen molar-refractivity contribution in [1.29, 1.82) is 10.8 Å². The molecular weight excluding hydrogens is 406 g/mol. The molecule has 0 unspecified atom stereocenters. The fourth-order valence-corrected chi connectivity index (χ4v) is 3.61. The molecule has 1 saturated heterocycles. The number of methoxy groups -OCH3 is 1. The smallest absolute Gasteiger partial charge is 0.231 e. The summed E-state index contributed by atoms with van der Waals surface area (Å²) in [5.41, 5.74) is 1.88. The molecule has 0 bridgehead atoms. The van der Waals surface area contributed by atoms with Gasteiger partial charge in [0.15, 0.2) is 11.6 Å². The Morgan fingerprint density at radius 3 is 2.69 bits per heavy atom. The Labute approximate surface area is 186 Å². The van der Waals surface area contributed by atoms with Crippen LogP contribution in [0.2, 0.25) is 0 Å². The lowest BCUT2D eigenvalue weighted by Gasteiger charge is -2.22. The number of ether oxygens (including phenoxy) is 2. The second kappa shape index (κ2) is 10.1. The maximum atomic E-state index is 8.39. The normalized spacial score (nSPS) is 14.2. The molecule has 3 N–H and O–H groups in total. The highest BCUT2D eigenvalue weighted by molar-refractivity contribution is 5.83. The monoisotopic (exact) mass is 433 g/mol. The highest BCUT2D eigenvalue weighted by Crippen LogP contribution is 2.20. The molecule has 9 nitrogen and oxygen atoms in total. The van der Waals surface area contributed by atoms with Crippen molar-refractivity contribution in [2.24, 2.45) is 5.92 Å². The fourth-order valence-electron chi connectivity index (χ4n) is 3.61. The Morgan fingerprint density at radius 1 is 1.16 bits per heavy atom. The first-order valence-corrected chi connectivity index (χ1v) is 10.6. The van der Waals surface area contributed by atoms with E-state index in [2.05, 4.69) is 20.4 Å². The zero-order valence-electron chi connectivity index (χ0n) is 18.0. The standard InChI is InChI=1S/C23H27N7O2/c1-31-22-6-5-20(24)30(29-22)21(25)12-17-3-2-4-18(11-17)23-27-13-19(14-28-23)32-15-16-7-9-26-10-8-16/h2-6,11,13-14,16,24-26H,7-10,12,15H2,1H3. The Hall–Kier alpha value is -3.59. The van der Waals surface area contributed by atoms with E-state index in [1.165, 1.54) is 11.8 Å². The summed E-state index contributed by atoms with van der Waals surface area (Å²) in [6.45, 7) is 2.79. The number of hydrogen-bond donors (Lipinski definition) is 3. The van der Waals surface area contributed by atoms with Crippen LogP contribution in [-0.4, -0.2) is 52.4 Å². The van der Waals surface area contributed by atoms with E-state index in [-0.39, 0.29) is 11.3 Å². The van der Waals surface area contributed by atoms with Crippen molar-refractivity contribution in [3.63, 3.8) is 0 Å². The van der Waals surface area contributed by atoms with Crippen LogP contribution < -0.4 is 20.3 Å². The summed E-state index contributed by atoms with van der Waals surface area (Å²) >= 11 is 0. The molecule has 0 atom stereocenters. The van der Waals surface area contributed by atoms with Crippen LogP contribution in [0.1, 0.15) is 18.4 Å². The molecule has 9 heteroatoms. The van der Waals surface area contributed by atoms with Crippen molar-refractivity contribution in [2.45, 2.75) is 19.3 Å². The van der Waals surface area contributed by atoms with Gasteiger partial charge in [-0.2, -0.15) is 4.68 Å². The second-order valence-corrected chi connectivity index (χ2v) is 7.74. The Morgan fingerprint density at radius 2 is 1.94 bits per heavy atom. The first-order valence-electron chi connectivity index (χ1n) is 10.6. The lowest BCUT2D eigenvalue weighted by atomic mass is 9.99. The predicted octanol–water partition coefficient (Wildman–Crippen LogP) is 2.27. The zero-order chi connectivity index (χ0) is 22.3. The van der Waals surface area contributed by atoms with Crippen molar-refractivity contribution in [2.75, 3.05) is 26.8 Å². The summed E-state index contributed by atoms with van der Waals surface area (Å²) in [6.07, 6.45) is 5.99. The summed E-state index contributed by atoms with van der Waals surface area (Å²) in [5.74, 6) is 2.38. The maximum Gasteiger partial charge on any atom is 0.231 e. The first kappa shape index (κ1) is 21.6. The number of benzene rings is 1. The number of piperidine rings is 1. The average Bonchev–Trinajstić information content (AvgIpc) is 2.84. The van der Waals surface area contributed by atoms with Gasteiger partial charge in [-0.15, -0.1) is 5.10 Å². The SMILES string of the molecule is COc1ccc(=N)n(C(=N)Cc2cccc(-c3ncc(OCC4CCNCC4)cn3)c2)n1. The van der Waals surface area contributed by atoms with Gasteiger partial charge < -0.3 is 14.8 Å². The van der Waals surface area contributed by atoms with Gasteiger partial charge in [0.2, 0.25) is 5.88 Å². The van der Waals surface area contributed by atoms with Crippen LogP contribution in [0.25, 0.3) is 11.4 Å². The lowest BCUT2D eigenvalue weighted by Crippen LogP contribution is -2.30. The number of rotatable bonds is 7. The molecule has 0 aliphatic carbocycles. The van der Waals surface area contributed by atoms with E-state index >= 15 is 0 Å². The molecule has 3 aromatic rings. The molecule has 32 heavy (non-hydrogen) atoms. The van der Waals surface area contributed by atoms with Crippen molar-refractivity contribution in [3.8, 4) is 23.0 Å². The van der Waals surface area contributed by atoms with Gasteiger partial charge in [-0.3, -0.25) is 10.8 Å². The number of nitrogens with one attached hydrogen (secondary N) is 3. The third-order valence-electron chi connectivity index (χ3n) is 5.40. The third kappa shape index (κ3) is 5.36. The zero-order valence-corrected chi connectivity index (χ0v) is 18.0. The summed E-state index contributed by atoms with van der Waals surface area (Å²) in [4.78, 5) is 8.92. The molecule has 0 radical (unpaired) electrons. The van der Waals surface area contributed by atoms with Crippen molar-refractivity contribution < 1.29 is 9.47 Å². The van der Waals surface area contributed by atoms with Gasteiger partial charge in [0, 0.05) is 18.1 Å². The predicted molar refractivity (Wildman–Crippen MR) is 120 cm³/mol. The topological polar surface area (TPSA) is 122 Å². The Balaban J connectivity index is 1.42. The Kier molecular flexibility index (Phi) is 6.86. The molecular formula is C23H27N7O2. The summed E-state index contributed by atoms with van der Waals surface area (Å²) in [5, 5.41) is 23.9. The molecule has 166 valence electrons. The van der Waals surface area contributed by atoms with E-state index in [1.54, 1.807) is 24.5 Å². The van der Waals surface area contributed by atoms with E-state index in [4.69, 9.17) is 20.3 Å². The molecule has 0 spiro atoms. The highest BCUT2D eigenvalue weighted by Gasteiger charge is 2.14. The maximum absolute atomic E-state index is 8.39. The van der Waals surface area contributed by atoms with Crippen LogP contribution in [0.4, 0.5) is 0 Å². The lowest BCUT2D eigenvalue weighted by molar-refractivity contribution is 0.214. The van der Waals surface area contributed by atoms with E-state index in [0.29, 0.717) is 36.4 Å². The molecule has 0 amide bonds. The number of nitrogens with zero attached hydrogens (tertiary/aromatic N) is 4. The minimum absolute atomic E-state index is 0.121. The first-order chi connectivity index (χ1) is 15.6. The molecule has 1 aliphatic heterocycles. The van der Waals surface area contributed by atoms with Crippen molar-refractivity contribution in [1.82, 2.24) is 25.1 Å². The number of hydrogen-bond acceptors (Lipinski definition) is 8. The quantitative estimate of drug-likeness (QED) is 0.388. The van der Waals surface area contributed by atoms with Gasteiger partial charge in [0.25, 0.3) is 0 Å². The third-order valence-corrected chi connectivity index (χ3v) is 5.40. The largest absolute Gasteiger partial charge is 0.490 e. The van der Waals surface area contributed by atoms with Gasteiger partial charge >= 0.3 is 0 Å². The molecule has 1 fully saturated rings. The van der Waals surface area contributed by atoms with E-state index in [0.717, 1.165) is 37.1 Å². The minimum atomic E-state index is 0.121. The molecule has 0 saturated carbocycles. The Bertz CT molecular complexity index is 1120. The van der Waals surface area contributed by atoms with Crippen LogP contribution in [0.3, 0.4) is 0 Å².